The first-order valence-electron chi connectivity index (χ1n) is 5.36. The van der Waals surface area contributed by atoms with Crippen LogP contribution in [0.2, 0.25) is 5.02 Å². The van der Waals surface area contributed by atoms with Gasteiger partial charge in [-0.2, -0.15) is 12.6 Å². The molecule has 0 amide bonds. The molecule has 0 heterocycles. The third-order valence-corrected chi connectivity index (χ3v) is 3.15. The molecule has 1 rings (SSSR count). The Labute approximate surface area is 106 Å². The Morgan fingerprint density at radius 1 is 1.50 bits per heavy atom. The first-order chi connectivity index (χ1) is 7.69. The van der Waals surface area contributed by atoms with E-state index in [2.05, 4.69) is 19.6 Å². The van der Waals surface area contributed by atoms with Crippen LogP contribution in [0.1, 0.15) is 19.8 Å². The van der Waals surface area contributed by atoms with Crippen molar-refractivity contribution in [3.05, 3.63) is 29.0 Å². The van der Waals surface area contributed by atoms with Gasteiger partial charge in [0.1, 0.15) is 0 Å². The van der Waals surface area contributed by atoms with E-state index in [0.717, 1.165) is 18.6 Å². The zero-order valence-corrected chi connectivity index (χ0v) is 10.9. The molecule has 0 aromatic heterocycles. The minimum absolute atomic E-state index is 0.145. The van der Waals surface area contributed by atoms with Crippen molar-refractivity contribution in [3.8, 4) is 5.75 Å². The van der Waals surface area contributed by atoms with Crippen molar-refractivity contribution in [2.24, 2.45) is 5.92 Å². The van der Waals surface area contributed by atoms with Gasteiger partial charge < -0.3 is 4.74 Å². The highest BCUT2D eigenvalue weighted by atomic mass is 35.5. The molecular formula is C12H16ClFOS. The summed E-state index contributed by atoms with van der Waals surface area (Å²) >= 11 is 10.1. The Hall–Kier alpha value is -0.410. The topological polar surface area (TPSA) is 9.23 Å². The van der Waals surface area contributed by atoms with E-state index in [1.807, 2.05) is 0 Å². The van der Waals surface area contributed by atoms with Gasteiger partial charge in [-0.15, -0.1) is 0 Å². The predicted octanol–water partition coefficient (Wildman–Crippen LogP) is 4.20. The maximum Gasteiger partial charge on any atom is 0.173 e. The van der Waals surface area contributed by atoms with Crippen LogP contribution in [0.4, 0.5) is 4.39 Å². The summed E-state index contributed by atoms with van der Waals surface area (Å²) in [4.78, 5) is 0. The van der Waals surface area contributed by atoms with Crippen molar-refractivity contribution in [1.29, 1.82) is 0 Å². The summed E-state index contributed by atoms with van der Waals surface area (Å²) in [6, 6.07) is 4.53. The number of halogens is 2. The van der Waals surface area contributed by atoms with Gasteiger partial charge in [0.2, 0.25) is 0 Å². The highest BCUT2D eigenvalue weighted by Crippen LogP contribution is 2.28. The van der Waals surface area contributed by atoms with Crippen LogP contribution in [-0.4, -0.2) is 12.4 Å². The lowest BCUT2D eigenvalue weighted by Crippen LogP contribution is -2.14. The number of benzene rings is 1. The molecule has 0 spiro atoms. The Bertz CT molecular complexity index is 313. The normalized spacial score (nSPS) is 12.5. The minimum atomic E-state index is -0.415. The largest absolute Gasteiger partial charge is 0.489 e. The third-order valence-electron chi connectivity index (χ3n) is 2.34. The smallest absolute Gasteiger partial charge is 0.173 e. The summed E-state index contributed by atoms with van der Waals surface area (Å²) in [6.45, 7) is 2.56. The molecule has 0 N–H and O–H groups in total. The molecule has 4 heteroatoms. The number of para-hydroxylation sites is 1. The molecule has 1 aromatic rings. The SMILES string of the molecule is CCCC(CS)COc1c(F)cccc1Cl. The second-order valence-corrected chi connectivity index (χ2v) is 4.47. The molecule has 0 aliphatic carbocycles. The van der Waals surface area contributed by atoms with Gasteiger partial charge in [-0.25, -0.2) is 4.39 Å². The van der Waals surface area contributed by atoms with E-state index in [1.165, 1.54) is 6.07 Å². The van der Waals surface area contributed by atoms with Crippen LogP contribution in [0.5, 0.6) is 5.75 Å². The van der Waals surface area contributed by atoms with E-state index in [4.69, 9.17) is 16.3 Å². The minimum Gasteiger partial charge on any atom is -0.489 e. The van der Waals surface area contributed by atoms with E-state index < -0.39 is 5.82 Å². The van der Waals surface area contributed by atoms with Crippen LogP contribution >= 0.6 is 24.2 Å². The lowest BCUT2D eigenvalue weighted by atomic mass is 10.1. The molecule has 0 aliphatic heterocycles. The summed E-state index contributed by atoms with van der Waals surface area (Å²) in [5, 5.41) is 0.314. The van der Waals surface area contributed by atoms with Crippen LogP contribution in [0.15, 0.2) is 18.2 Å². The average Bonchev–Trinajstić information content (AvgIpc) is 2.27. The first-order valence-corrected chi connectivity index (χ1v) is 6.37. The Kier molecular flexibility index (Phi) is 5.99. The molecule has 0 saturated carbocycles. The monoisotopic (exact) mass is 262 g/mol. The molecule has 16 heavy (non-hydrogen) atoms. The fourth-order valence-corrected chi connectivity index (χ4v) is 1.96. The molecule has 1 atom stereocenters. The number of hydrogen-bond acceptors (Lipinski definition) is 2. The molecule has 90 valence electrons. The van der Waals surface area contributed by atoms with Gasteiger partial charge in [-0.1, -0.05) is 31.0 Å². The van der Waals surface area contributed by atoms with E-state index in [1.54, 1.807) is 12.1 Å². The highest BCUT2D eigenvalue weighted by molar-refractivity contribution is 7.80. The average molecular weight is 263 g/mol. The fourth-order valence-electron chi connectivity index (χ4n) is 1.46. The lowest BCUT2D eigenvalue weighted by Gasteiger charge is -2.15. The van der Waals surface area contributed by atoms with Gasteiger partial charge in [-0.05, 0) is 24.3 Å². The first kappa shape index (κ1) is 13.7. The summed E-state index contributed by atoms with van der Waals surface area (Å²) in [5.74, 6) is 0.804. The van der Waals surface area contributed by atoms with Crippen LogP contribution in [-0.2, 0) is 0 Å². The molecule has 0 saturated heterocycles. The fraction of sp³-hybridized carbons (Fsp3) is 0.500. The van der Waals surface area contributed by atoms with Gasteiger partial charge in [0.15, 0.2) is 11.6 Å². The van der Waals surface area contributed by atoms with Crippen LogP contribution in [0.25, 0.3) is 0 Å². The van der Waals surface area contributed by atoms with Gasteiger partial charge in [0.05, 0.1) is 11.6 Å². The van der Waals surface area contributed by atoms with Crippen molar-refractivity contribution in [2.45, 2.75) is 19.8 Å². The van der Waals surface area contributed by atoms with Gasteiger partial charge in [0.25, 0.3) is 0 Å². The van der Waals surface area contributed by atoms with E-state index in [9.17, 15) is 4.39 Å². The Balaban J connectivity index is 2.59. The Morgan fingerprint density at radius 2 is 2.25 bits per heavy atom. The lowest BCUT2D eigenvalue weighted by molar-refractivity contribution is 0.244. The zero-order valence-electron chi connectivity index (χ0n) is 9.25. The number of thiol groups is 1. The molecular weight excluding hydrogens is 247 g/mol. The number of rotatable bonds is 6. The van der Waals surface area contributed by atoms with E-state index >= 15 is 0 Å². The molecule has 0 aliphatic rings. The van der Waals surface area contributed by atoms with Crippen molar-refractivity contribution >= 4 is 24.2 Å². The number of hydrogen-bond donors (Lipinski definition) is 1. The maximum absolute atomic E-state index is 13.4. The van der Waals surface area contributed by atoms with Crippen molar-refractivity contribution in [2.75, 3.05) is 12.4 Å². The van der Waals surface area contributed by atoms with E-state index in [-0.39, 0.29) is 5.75 Å². The molecule has 1 aromatic carbocycles. The molecule has 0 bridgehead atoms. The molecule has 1 unspecified atom stereocenters. The summed E-state index contributed by atoms with van der Waals surface area (Å²) in [6.07, 6.45) is 2.09. The zero-order chi connectivity index (χ0) is 12.0. The highest BCUT2D eigenvalue weighted by Gasteiger charge is 2.11. The third kappa shape index (κ3) is 3.87. The standard InChI is InChI=1S/C12H16ClFOS/c1-2-4-9(8-16)7-15-12-10(13)5-3-6-11(12)14/h3,5-6,9,16H,2,4,7-8H2,1H3. The quantitative estimate of drug-likeness (QED) is 0.756. The molecule has 0 fully saturated rings. The van der Waals surface area contributed by atoms with Crippen molar-refractivity contribution in [1.82, 2.24) is 0 Å². The predicted molar refractivity (Wildman–Crippen MR) is 69.2 cm³/mol. The van der Waals surface area contributed by atoms with Gasteiger partial charge >= 0.3 is 0 Å². The van der Waals surface area contributed by atoms with E-state index in [0.29, 0.717) is 17.5 Å². The maximum atomic E-state index is 13.4. The van der Waals surface area contributed by atoms with Crippen LogP contribution < -0.4 is 4.74 Å². The number of ether oxygens (including phenoxy) is 1. The Morgan fingerprint density at radius 3 is 2.81 bits per heavy atom. The molecule has 1 nitrogen and oxygen atoms in total. The second kappa shape index (κ2) is 7.02. The summed E-state index contributed by atoms with van der Waals surface area (Å²) < 4.78 is 18.8. The van der Waals surface area contributed by atoms with Crippen molar-refractivity contribution in [3.63, 3.8) is 0 Å². The molecule has 0 radical (unpaired) electrons. The second-order valence-electron chi connectivity index (χ2n) is 3.70. The summed E-state index contributed by atoms with van der Waals surface area (Å²) in [7, 11) is 0. The van der Waals surface area contributed by atoms with Gasteiger partial charge in [0, 0.05) is 5.92 Å². The summed E-state index contributed by atoms with van der Waals surface area (Å²) in [5.41, 5.74) is 0. The van der Waals surface area contributed by atoms with Crippen LogP contribution in [0.3, 0.4) is 0 Å². The van der Waals surface area contributed by atoms with Gasteiger partial charge in [-0.3, -0.25) is 0 Å². The van der Waals surface area contributed by atoms with Crippen molar-refractivity contribution < 1.29 is 9.13 Å². The van der Waals surface area contributed by atoms with Crippen LogP contribution in [0, 0.1) is 11.7 Å².